The zero-order valence-electron chi connectivity index (χ0n) is 13.4. The minimum Gasteiger partial charge on any atom is -0.497 e. The van der Waals surface area contributed by atoms with Crippen LogP contribution < -0.4 is 15.8 Å². The van der Waals surface area contributed by atoms with E-state index >= 15 is 0 Å². The van der Waals surface area contributed by atoms with Crippen LogP contribution in [0.1, 0.15) is 32.4 Å². The van der Waals surface area contributed by atoms with Crippen molar-refractivity contribution in [3.8, 4) is 5.75 Å². The number of ether oxygens (including phenoxy) is 3. The first-order valence-corrected chi connectivity index (χ1v) is 6.69. The van der Waals surface area contributed by atoms with Gasteiger partial charge in [0.05, 0.1) is 19.9 Å². The number of hydrogen-bond acceptors (Lipinski definition) is 6. The summed E-state index contributed by atoms with van der Waals surface area (Å²) in [6.45, 7) is 5.25. The maximum absolute atomic E-state index is 11.9. The van der Waals surface area contributed by atoms with Crippen LogP contribution in [0.5, 0.6) is 5.75 Å². The Balaban J connectivity index is 3.09. The van der Waals surface area contributed by atoms with E-state index in [-0.39, 0.29) is 0 Å². The standard InChI is InChI=1S/C15H22N2O5/c1-15(2,3)22-14(19)17-11-8-9(20-4)6-7-10(11)12(16)13(18)21-5/h6-8,12H,16H2,1-5H3,(H,17,19). The lowest BCUT2D eigenvalue weighted by Gasteiger charge is -2.21. The summed E-state index contributed by atoms with van der Waals surface area (Å²) < 4.78 is 14.9. The van der Waals surface area contributed by atoms with Crippen molar-refractivity contribution in [3.63, 3.8) is 0 Å². The van der Waals surface area contributed by atoms with Gasteiger partial charge in [0.25, 0.3) is 0 Å². The van der Waals surface area contributed by atoms with E-state index in [0.29, 0.717) is 17.0 Å². The van der Waals surface area contributed by atoms with Crippen LogP contribution >= 0.6 is 0 Å². The first-order chi connectivity index (χ1) is 10.2. The van der Waals surface area contributed by atoms with Gasteiger partial charge in [-0.05, 0) is 26.8 Å². The van der Waals surface area contributed by atoms with Gasteiger partial charge < -0.3 is 19.9 Å². The second-order valence-corrected chi connectivity index (χ2v) is 5.58. The summed E-state index contributed by atoms with van der Waals surface area (Å²) in [5, 5.41) is 2.57. The van der Waals surface area contributed by atoms with E-state index in [1.165, 1.54) is 14.2 Å². The molecule has 0 aliphatic rings. The molecule has 1 aromatic carbocycles. The van der Waals surface area contributed by atoms with Gasteiger partial charge in [0.1, 0.15) is 17.4 Å². The number of rotatable bonds is 4. The minimum absolute atomic E-state index is 0.325. The monoisotopic (exact) mass is 310 g/mol. The molecule has 0 aliphatic carbocycles. The maximum Gasteiger partial charge on any atom is 0.412 e. The third-order valence-corrected chi connectivity index (χ3v) is 2.69. The average Bonchev–Trinajstić information content (AvgIpc) is 2.43. The van der Waals surface area contributed by atoms with Crippen molar-refractivity contribution in [2.24, 2.45) is 5.73 Å². The highest BCUT2D eigenvalue weighted by atomic mass is 16.6. The Labute approximate surface area is 129 Å². The summed E-state index contributed by atoms with van der Waals surface area (Å²) in [5.74, 6) is -0.107. The number of carbonyl (C=O) groups is 2. The first-order valence-electron chi connectivity index (χ1n) is 6.69. The molecular weight excluding hydrogens is 288 g/mol. The molecule has 1 aromatic rings. The fourth-order valence-corrected chi connectivity index (χ4v) is 1.71. The van der Waals surface area contributed by atoms with Crippen LogP contribution in [-0.4, -0.2) is 31.9 Å². The number of amides is 1. The Bertz CT molecular complexity index is 551. The van der Waals surface area contributed by atoms with Gasteiger partial charge in [0.2, 0.25) is 0 Å². The second kappa shape index (κ2) is 7.13. The van der Waals surface area contributed by atoms with Crippen LogP contribution in [0.15, 0.2) is 18.2 Å². The van der Waals surface area contributed by atoms with Crippen molar-refractivity contribution in [1.82, 2.24) is 0 Å². The third kappa shape index (κ3) is 4.92. The molecule has 3 N–H and O–H groups in total. The molecule has 1 unspecified atom stereocenters. The maximum atomic E-state index is 11.9. The van der Waals surface area contributed by atoms with E-state index in [1.54, 1.807) is 39.0 Å². The van der Waals surface area contributed by atoms with E-state index in [2.05, 4.69) is 10.1 Å². The van der Waals surface area contributed by atoms with E-state index in [4.69, 9.17) is 15.2 Å². The molecule has 22 heavy (non-hydrogen) atoms. The third-order valence-electron chi connectivity index (χ3n) is 2.69. The fraction of sp³-hybridized carbons (Fsp3) is 0.467. The molecule has 7 nitrogen and oxygen atoms in total. The molecular formula is C15H22N2O5. The van der Waals surface area contributed by atoms with E-state index in [0.717, 1.165) is 0 Å². The fourth-order valence-electron chi connectivity index (χ4n) is 1.71. The van der Waals surface area contributed by atoms with Gasteiger partial charge in [-0.25, -0.2) is 4.79 Å². The lowest BCUT2D eigenvalue weighted by atomic mass is 10.1. The topological polar surface area (TPSA) is 99.9 Å². The number of hydrogen-bond donors (Lipinski definition) is 2. The molecule has 0 bridgehead atoms. The average molecular weight is 310 g/mol. The molecule has 0 aromatic heterocycles. The first kappa shape index (κ1) is 17.8. The Morgan fingerprint density at radius 2 is 1.86 bits per heavy atom. The number of anilines is 1. The number of benzene rings is 1. The smallest absolute Gasteiger partial charge is 0.412 e. The highest BCUT2D eigenvalue weighted by molar-refractivity contribution is 5.89. The number of nitrogens with two attached hydrogens (primary N) is 1. The molecule has 1 rings (SSSR count). The Hall–Kier alpha value is -2.28. The summed E-state index contributed by atoms with van der Waals surface area (Å²) in [6.07, 6.45) is -0.654. The van der Waals surface area contributed by atoms with Gasteiger partial charge in [0, 0.05) is 11.6 Å². The zero-order valence-corrected chi connectivity index (χ0v) is 13.4. The largest absolute Gasteiger partial charge is 0.497 e. The Kier molecular flexibility index (Phi) is 5.76. The molecule has 0 aliphatic heterocycles. The van der Waals surface area contributed by atoms with Crippen LogP contribution in [0.25, 0.3) is 0 Å². The molecule has 0 fully saturated rings. The van der Waals surface area contributed by atoms with Crippen molar-refractivity contribution in [3.05, 3.63) is 23.8 Å². The van der Waals surface area contributed by atoms with Crippen molar-refractivity contribution in [2.75, 3.05) is 19.5 Å². The summed E-state index contributed by atoms with van der Waals surface area (Å²) in [6, 6.07) is 3.76. The summed E-state index contributed by atoms with van der Waals surface area (Å²) in [5.41, 5.74) is 5.92. The quantitative estimate of drug-likeness (QED) is 0.827. The number of methoxy groups -OCH3 is 2. The van der Waals surface area contributed by atoms with Gasteiger partial charge in [-0.3, -0.25) is 10.1 Å². The highest BCUT2D eigenvalue weighted by Crippen LogP contribution is 2.27. The van der Waals surface area contributed by atoms with Gasteiger partial charge in [-0.1, -0.05) is 6.07 Å². The molecule has 0 saturated carbocycles. The Morgan fingerprint density at radius 1 is 1.23 bits per heavy atom. The van der Waals surface area contributed by atoms with E-state index < -0.39 is 23.7 Å². The van der Waals surface area contributed by atoms with Crippen molar-refractivity contribution in [2.45, 2.75) is 32.4 Å². The molecule has 0 radical (unpaired) electrons. The lowest BCUT2D eigenvalue weighted by molar-refractivity contribution is -0.142. The van der Waals surface area contributed by atoms with Crippen LogP contribution in [0.4, 0.5) is 10.5 Å². The molecule has 7 heteroatoms. The molecule has 0 heterocycles. The van der Waals surface area contributed by atoms with Crippen molar-refractivity contribution in [1.29, 1.82) is 0 Å². The Morgan fingerprint density at radius 3 is 2.36 bits per heavy atom. The van der Waals surface area contributed by atoms with Gasteiger partial charge >= 0.3 is 12.1 Å². The molecule has 122 valence electrons. The molecule has 1 atom stereocenters. The number of nitrogens with one attached hydrogen (secondary N) is 1. The van der Waals surface area contributed by atoms with Crippen molar-refractivity contribution >= 4 is 17.7 Å². The van der Waals surface area contributed by atoms with Gasteiger partial charge in [0.15, 0.2) is 0 Å². The van der Waals surface area contributed by atoms with E-state index in [1.807, 2.05) is 0 Å². The van der Waals surface area contributed by atoms with Crippen LogP contribution in [0, 0.1) is 0 Å². The summed E-state index contributed by atoms with van der Waals surface area (Å²) in [7, 11) is 2.74. The predicted molar refractivity (Wildman–Crippen MR) is 81.8 cm³/mol. The van der Waals surface area contributed by atoms with Crippen LogP contribution in [0.2, 0.25) is 0 Å². The summed E-state index contributed by atoms with van der Waals surface area (Å²) in [4.78, 5) is 23.5. The molecule has 1 amide bonds. The molecule has 0 saturated heterocycles. The predicted octanol–water partition coefficient (Wildman–Crippen LogP) is 2.21. The van der Waals surface area contributed by atoms with Gasteiger partial charge in [-0.15, -0.1) is 0 Å². The zero-order chi connectivity index (χ0) is 16.9. The van der Waals surface area contributed by atoms with Crippen LogP contribution in [0.3, 0.4) is 0 Å². The highest BCUT2D eigenvalue weighted by Gasteiger charge is 2.23. The van der Waals surface area contributed by atoms with Crippen molar-refractivity contribution < 1.29 is 23.8 Å². The number of esters is 1. The lowest BCUT2D eigenvalue weighted by Crippen LogP contribution is -2.29. The van der Waals surface area contributed by atoms with Gasteiger partial charge in [-0.2, -0.15) is 0 Å². The normalized spacial score (nSPS) is 12.3. The summed E-state index contributed by atoms with van der Waals surface area (Å²) >= 11 is 0. The number of carbonyl (C=O) groups excluding carboxylic acids is 2. The second-order valence-electron chi connectivity index (χ2n) is 5.58. The van der Waals surface area contributed by atoms with E-state index in [9.17, 15) is 9.59 Å². The SMILES string of the molecule is COC(=O)C(N)c1ccc(OC)cc1NC(=O)OC(C)(C)C. The minimum atomic E-state index is -1.03. The van der Waals surface area contributed by atoms with Crippen LogP contribution in [-0.2, 0) is 14.3 Å². The molecule has 0 spiro atoms.